The number of aromatic nitrogens is 2. The molecule has 0 spiro atoms. The molecular weight excluding hydrogens is 174 g/mol. The second-order valence-electron chi connectivity index (χ2n) is 2.28. The summed E-state index contributed by atoms with van der Waals surface area (Å²) in [5.41, 5.74) is 3.11. The fraction of sp³-hybridized carbons (Fsp3) is 0.333. The van der Waals surface area contributed by atoms with Crippen LogP contribution in [0.1, 0.15) is 5.69 Å². The second-order valence-corrected chi connectivity index (χ2v) is 2.28. The van der Waals surface area contributed by atoms with Gasteiger partial charge in [-0.1, -0.05) is 4.98 Å². The molecule has 1 aromatic rings. The normalized spacial score (nSPS) is 10.6. The minimum Gasteiger partial charge on any atom is -0.390 e. The summed E-state index contributed by atoms with van der Waals surface area (Å²) in [5, 5.41) is 14.1. The van der Waals surface area contributed by atoms with Gasteiger partial charge in [0.2, 0.25) is 0 Å². The lowest BCUT2D eigenvalue weighted by atomic mass is 10.5. The van der Waals surface area contributed by atoms with E-state index in [-0.39, 0.29) is 5.95 Å². The fourth-order valence-electron chi connectivity index (χ4n) is 0.833. The zero-order valence-corrected chi connectivity index (χ0v) is 7.26. The quantitative estimate of drug-likeness (QED) is 0.402. The minimum atomic E-state index is -0.545. The van der Waals surface area contributed by atoms with Crippen molar-refractivity contribution in [3.05, 3.63) is 22.0 Å². The highest BCUT2D eigenvalue weighted by Gasteiger charge is 2.15. The van der Waals surface area contributed by atoms with Gasteiger partial charge < -0.3 is 15.5 Å². The third-order valence-corrected chi connectivity index (χ3v) is 1.49. The van der Waals surface area contributed by atoms with Crippen molar-refractivity contribution in [3.63, 3.8) is 0 Å². The summed E-state index contributed by atoms with van der Waals surface area (Å²) < 4.78 is 1.35. The van der Waals surface area contributed by atoms with E-state index < -0.39 is 4.92 Å². The van der Waals surface area contributed by atoms with E-state index in [2.05, 4.69) is 15.5 Å². The van der Waals surface area contributed by atoms with Crippen LogP contribution in [-0.2, 0) is 7.05 Å². The van der Waals surface area contributed by atoms with E-state index in [0.717, 1.165) is 0 Å². The minimum absolute atomic E-state index is 0.197. The summed E-state index contributed by atoms with van der Waals surface area (Å²) >= 11 is 0. The van der Waals surface area contributed by atoms with E-state index in [1.54, 1.807) is 14.1 Å². The third-order valence-electron chi connectivity index (χ3n) is 1.49. The van der Waals surface area contributed by atoms with Crippen LogP contribution in [0.2, 0.25) is 0 Å². The Bertz CT molecular complexity index is 343. The van der Waals surface area contributed by atoms with Crippen molar-refractivity contribution in [1.82, 2.24) is 15.0 Å². The summed E-state index contributed by atoms with van der Waals surface area (Å²) in [6.45, 7) is 0. The van der Waals surface area contributed by atoms with Crippen molar-refractivity contribution >= 4 is 12.2 Å². The smallest absolute Gasteiger partial charge is 0.390 e. The molecule has 1 N–H and O–H groups in total. The van der Waals surface area contributed by atoms with Crippen LogP contribution in [0, 0.1) is 10.1 Å². The zero-order chi connectivity index (χ0) is 9.84. The summed E-state index contributed by atoms with van der Waals surface area (Å²) in [5.74, 6) is -0.197. The fourth-order valence-corrected chi connectivity index (χ4v) is 0.833. The molecule has 0 bridgehead atoms. The van der Waals surface area contributed by atoms with E-state index >= 15 is 0 Å². The maximum atomic E-state index is 10.4. The van der Waals surface area contributed by atoms with Crippen LogP contribution in [0.5, 0.6) is 0 Å². The van der Waals surface area contributed by atoms with Gasteiger partial charge in [-0.05, 0) is 4.92 Å². The monoisotopic (exact) mass is 183 g/mol. The maximum Gasteiger partial charge on any atom is 0.434 e. The molecule has 0 aromatic carbocycles. The zero-order valence-electron chi connectivity index (χ0n) is 7.26. The first-order chi connectivity index (χ1) is 6.16. The lowest BCUT2D eigenvalue weighted by molar-refractivity contribution is -0.396. The van der Waals surface area contributed by atoms with Gasteiger partial charge in [0, 0.05) is 7.05 Å². The number of imidazole rings is 1. The number of hydrazone groups is 1. The molecular formula is C6H9N5O2. The van der Waals surface area contributed by atoms with Gasteiger partial charge in [-0.3, -0.25) is 0 Å². The van der Waals surface area contributed by atoms with Crippen molar-refractivity contribution < 1.29 is 4.92 Å². The summed E-state index contributed by atoms with van der Waals surface area (Å²) in [7, 11) is 3.20. The first-order valence-electron chi connectivity index (χ1n) is 3.52. The van der Waals surface area contributed by atoms with E-state index in [9.17, 15) is 10.1 Å². The highest BCUT2D eigenvalue weighted by atomic mass is 16.6. The number of nitrogens with one attached hydrogen (secondary N) is 1. The Morgan fingerprint density at radius 3 is 3.00 bits per heavy atom. The Morgan fingerprint density at radius 1 is 1.85 bits per heavy atom. The first kappa shape index (κ1) is 9.17. The molecule has 7 nitrogen and oxygen atoms in total. The van der Waals surface area contributed by atoms with Crippen LogP contribution in [0.3, 0.4) is 0 Å². The highest BCUT2D eigenvalue weighted by molar-refractivity contribution is 5.77. The van der Waals surface area contributed by atoms with Crippen LogP contribution in [0.25, 0.3) is 0 Å². The van der Waals surface area contributed by atoms with Crippen LogP contribution in [-0.4, -0.2) is 27.7 Å². The molecule has 0 aliphatic rings. The largest absolute Gasteiger partial charge is 0.434 e. The summed E-state index contributed by atoms with van der Waals surface area (Å²) in [4.78, 5) is 13.4. The summed E-state index contributed by atoms with van der Waals surface area (Å²) in [6, 6.07) is 0. The number of nitrogens with zero attached hydrogens (tertiary/aromatic N) is 4. The van der Waals surface area contributed by atoms with E-state index in [4.69, 9.17) is 0 Å². The molecule has 0 saturated carbocycles. The van der Waals surface area contributed by atoms with Gasteiger partial charge >= 0.3 is 5.95 Å². The molecule has 0 unspecified atom stereocenters. The van der Waals surface area contributed by atoms with Gasteiger partial charge in [0.05, 0.1) is 13.3 Å². The molecule has 1 heterocycles. The van der Waals surface area contributed by atoms with Crippen molar-refractivity contribution in [1.29, 1.82) is 0 Å². The summed E-state index contributed by atoms with van der Waals surface area (Å²) in [6.07, 6.45) is 2.85. The van der Waals surface area contributed by atoms with Crippen LogP contribution >= 0.6 is 0 Å². The number of rotatable bonds is 3. The van der Waals surface area contributed by atoms with Gasteiger partial charge in [-0.2, -0.15) is 5.10 Å². The lowest BCUT2D eigenvalue weighted by Gasteiger charge is -1.94. The van der Waals surface area contributed by atoms with Crippen LogP contribution < -0.4 is 5.43 Å². The van der Waals surface area contributed by atoms with E-state index in [1.165, 1.54) is 17.0 Å². The molecule has 1 rings (SSSR count). The van der Waals surface area contributed by atoms with Gasteiger partial charge in [0.25, 0.3) is 0 Å². The molecule has 0 fully saturated rings. The van der Waals surface area contributed by atoms with Gasteiger partial charge in [0.1, 0.15) is 6.20 Å². The molecule has 0 radical (unpaired) electrons. The van der Waals surface area contributed by atoms with Crippen molar-refractivity contribution in [2.75, 3.05) is 7.05 Å². The second kappa shape index (κ2) is 3.65. The SMILES string of the molecule is CNN=Cc1cnc([N+](=O)[O-])n1C. The topological polar surface area (TPSA) is 85.3 Å². The molecule has 0 aliphatic carbocycles. The van der Waals surface area contributed by atoms with E-state index in [1.807, 2.05) is 0 Å². The van der Waals surface area contributed by atoms with Crippen LogP contribution in [0.15, 0.2) is 11.3 Å². The predicted molar refractivity (Wildman–Crippen MR) is 46.5 cm³/mol. The average molecular weight is 183 g/mol. The van der Waals surface area contributed by atoms with E-state index in [0.29, 0.717) is 5.69 Å². The number of hydrogen-bond acceptors (Lipinski definition) is 5. The Balaban J connectivity index is 2.99. The molecule has 0 atom stereocenters. The van der Waals surface area contributed by atoms with Crippen LogP contribution in [0.4, 0.5) is 5.95 Å². The molecule has 1 aromatic heterocycles. The Labute approximate surface area is 74.2 Å². The molecule has 0 amide bonds. The highest BCUT2D eigenvalue weighted by Crippen LogP contribution is 2.08. The molecule has 7 heteroatoms. The number of hydrogen-bond donors (Lipinski definition) is 1. The van der Waals surface area contributed by atoms with Crippen molar-refractivity contribution in [2.45, 2.75) is 0 Å². The Kier molecular flexibility index (Phi) is 2.58. The molecule has 70 valence electrons. The lowest BCUT2D eigenvalue weighted by Crippen LogP contribution is -2.02. The van der Waals surface area contributed by atoms with Gasteiger partial charge in [-0.25, -0.2) is 4.57 Å². The first-order valence-corrected chi connectivity index (χ1v) is 3.52. The molecule has 13 heavy (non-hydrogen) atoms. The Hall–Kier alpha value is -1.92. The third kappa shape index (κ3) is 1.81. The average Bonchev–Trinajstić information content (AvgIpc) is 2.43. The number of nitro groups is 1. The standard InChI is InChI=1S/C6H9N5O2/c1-7-9-4-5-3-8-6(10(5)2)11(12)13/h3-4,7H,1-2H3. The molecule has 0 saturated heterocycles. The van der Waals surface area contributed by atoms with Crippen molar-refractivity contribution in [3.8, 4) is 0 Å². The predicted octanol–water partition coefficient (Wildman–Crippen LogP) is -0.118. The van der Waals surface area contributed by atoms with Gasteiger partial charge in [0.15, 0.2) is 5.69 Å². The van der Waals surface area contributed by atoms with Crippen molar-refractivity contribution in [2.24, 2.45) is 12.1 Å². The van der Waals surface area contributed by atoms with Gasteiger partial charge in [-0.15, -0.1) is 0 Å². The maximum absolute atomic E-state index is 10.4. The molecule has 0 aliphatic heterocycles. The Morgan fingerprint density at radius 2 is 2.54 bits per heavy atom.